The van der Waals surface area contributed by atoms with E-state index in [1.54, 1.807) is 0 Å². The fourth-order valence-corrected chi connectivity index (χ4v) is 2.49. The lowest BCUT2D eigenvalue weighted by Crippen LogP contribution is -2.37. The first-order valence-corrected chi connectivity index (χ1v) is 7.77. The van der Waals surface area contributed by atoms with Crippen LogP contribution in [-0.4, -0.2) is 54.1 Å². The van der Waals surface area contributed by atoms with Crippen molar-refractivity contribution in [1.29, 1.82) is 0 Å². The van der Waals surface area contributed by atoms with E-state index in [0.717, 1.165) is 45.9 Å². The van der Waals surface area contributed by atoms with E-state index in [1.807, 2.05) is 6.20 Å². The van der Waals surface area contributed by atoms with E-state index in [2.05, 4.69) is 39.9 Å². The lowest BCUT2D eigenvalue weighted by molar-refractivity contribution is 0.0374. The van der Waals surface area contributed by atoms with Crippen molar-refractivity contribution in [3.8, 4) is 0 Å². The lowest BCUT2D eigenvalue weighted by Gasteiger charge is -2.26. The van der Waals surface area contributed by atoms with Crippen molar-refractivity contribution in [1.82, 2.24) is 20.0 Å². The molecule has 5 nitrogen and oxygen atoms in total. The maximum absolute atomic E-state index is 5.35. The molecule has 0 radical (unpaired) electrons. The minimum atomic E-state index is 0. The van der Waals surface area contributed by atoms with Crippen LogP contribution in [0, 0.1) is 5.92 Å². The van der Waals surface area contributed by atoms with Crippen LogP contribution in [-0.2, 0) is 17.8 Å². The number of morpholine rings is 1. The Bertz CT molecular complexity index is 381. The van der Waals surface area contributed by atoms with E-state index < -0.39 is 0 Å². The fraction of sp³-hybridized carbons (Fsp3) is 0.800. The highest BCUT2D eigenvalue weighted by Gasteiger charge is 2.09. The van der Waals surface area contributed by atoms with Crippen molar-refractivity contribution >= 4 is 24.8 Å². The van der Waals surface area contributed by atoms with Gasteiger partial charge in [-0.15, -0.1) is 24.8 Å². The Labute approximate surface area is 146 Å². The van der Waals surface area contributed by atoms with Crippen LogP contribution in [0.4, 0.5) is 0 Å². The summed E-state index contributed by atoms with van der Waals surface area (Å²) >= 11 is 0. The van der Waals surface area contributed by atoms with Gasteiger partial charge >= 0.3 is 0 Å². The normalized spacial score (nSPS) is 15.4. The number of ether oxygens (including phenoxy) is 1. The molecule has 0 spiro atoms. The van der Waals surface area contributed by atoms with Gasteiger partial charge in [0.15, 0.2) is 0 Å². The molecule has 1 N–H and O–H groups in total. The first-order valence-electron chi connectivity index (χ1n) is 7.77. The Morgan fingerprint density at radius 1 is 1.27 bits per heavy atom. The lowest BCUT2D eigenvalue weighted by atomic mass is 10.2. The van der Waals surface area contributed by atoms with Gasteiger partial charge in [-0.05, 0) is 31.5 Å². The van der Waals surface area contributed by atoms with Gasteiger partial charge in [0.05, 0.1) is 18.9 Å². The van der Waals surface area contributed by atoms with Gasteiger partial charge < -0.3 is 10.1 Å². The van der Waals surface area contributed by atoms with Crippen molar-refractivity contribution < 1.29 is 4.74 Å². The van der Waals surface area contributed by atoms with Gasteiger partial charge in [-0.25, -0.2) is 0 Å². The second kappa shape index (κ2) is 12.1. The number of rotatable bonds is 8. The van der Waals surface area contributed by atoms with E-state index >= 15 is 0 Å². The topological polar surface area (TPSA) is 42.3 Å². The smallest absolute Gasteiger partial charge is 0.0594 e. The highest BCUT2D eigenvalue weighted by Crippen LogP contribution is 2.04. The van der Waals surface area contributed by atoms with Gasteiger partial charge in [-0.1, -0.05) is 13.8 Å². The third kappa shape index (κ3) is 7.79. The summed E-state index contributed by atoms with van der Waals surface area (Å²) in [6.45, 7) is 12.5. The summed E-state index contributed by atoms with van der Waals surface area (Å²) in [5, 5.41) is 7.91. The number of aromatic nitrogens is 2. The highest BCUT2D eigenvalue weighted by atomic mass is 35.5. The first-order chi connectivity index (χ1) is 9.75. The Kier molecular flexibility index (Phi) is 12.0. The summed E-state index contributed by atoms with van der Waals surface area (Å²) in [7, 11) is 0. The molecule has 0 aliphatic carbocycles. The molecule has 0 saturated carbocycles. The summed E-state index contributed by atoms with van der Waals surface area (Å²) in [5.74, 6) is 0.634. The zero-order chi connectivity index (χ0) is 14.2. The Hall–Kier alpha value is -0.330. The fourth-order valence-electron chi connectivity index (χ4n) is 2.49. The van der Waals surface area contributed by atoms with Gasteiger partial charge in [0, 0.05) is 32.4 Å². The average Bonchev–Trinajstić information content (AvgIpc) is 2.86. The van der Waals surface area contributed by atoms with E-state index in [-0.39, 0.29) is 24.8 Å². The van der Waals surface area contributed by atoms with Crippen molar-refractivity contribution in [2.75, 3.05) is 39.4 Å². The zero-order valence-electron chi connectivity index (χ0n) is 13.7. The van der Waals surface area contributed by atoms with E-state index in [9.17, 15) is 0 Å². The maximum atomic E-state index is 5.35. The average molecular weight is 353 g/mol. The molecule has 7 heteroatoms. The molecule has 0 amide bonds. The second-order valence-corrected chi connectivity index (χ2v) is 5.88. The molecule has 130 valence electrons. The van der Waals surface area contributed by atoms with Gasteiger partial charge in [0.25, 0.3) is 0 Å². The minimum Gasteiger partial charge on any atom is -0.379 e. The summed E-state index contributed by atoms with van der Waals surface area (Å²) < 4.78 is 7.46. The predicted molar refractivity (Wildman–Crippen MR) is 95.1 cm³/mol. The molecule has 22 heavy (non-hydrogen) atoms. The summed E-state index contributed by atoms with van der Waals surface area (Å²) in [6, 6.07) is 2.11. The largest absolute Gasteiger partial charge is 0.379 e. The molecule has 2 rings (SSSR count). The minimum absolute atomic E-state index is 0. The van der Waals surface area contributed by atoms with Crippen LogP contribution in [0.15, 0.2) is 12.3 Å². The Morgan fingerprint density at radius 3 is 2.68 bits per heavy atom. The Balaban J connectivity index is 0.00000220. The SMILES string of the molecule is CC(C)Cn1nccc1CNCCCN1CCOCC1.Cl.Cl. The third-order valence-electron chi connectivity index (χ3n) is 3.58. The van der Waals surface area contributed by atoms with Crippen LogP contribution in [0.3, 0.4) is 0 Å². The number of hydrogen-bond acceptors (Lipinski definition) is 4. The quantitative estimate of drug-likeness (QED) is 0.728. The van der Waals surface area contributed by atoms with Crippen molar-refractivity contribution in [2.24, 2.45) is 5.92 Å². The second-order valence-electron chi connectivity index (χ2n) is 5.88. The molecule has 1 aliphatic heterocycles. The number of nitrogens with zero attached hydrogens (tertiary/aromatic N) is 3. The molecule has 1 aromatic heterocycles. The van der Waals surface area contributed by atoms with Crippen molar-refractivity contribution in [2.45, 2.75) is 33.4 Å². The van der Waals surface area contributed by atoms with Crippen LogP contribution in [0.1, 0.15) is 26.0 Å². The third-order valence-corrected chi connectivity index (χ3v) is 3.58. The molecule has 1 fully saturated rings. The number of halogens is 2. The van der Waals surface area contributed by atoms with Crippen LogP contribution >= 0.6 is 24.8 Å². The van der Waals surface area contributed by atoms with E-state index in [4.69, 9.17) is 4.74 Å². The number of nitrogens with one attached hydrogen (secondary N) is 1. The van der Waals surface area contributed by atoms with Crippen LogP contribution in [0.2, 0.25) is 0 Å². The summed E-state index contributed by atoms with van der Waals surface area (Å²) in [4.78, 5) is 2.48. The molecule has 1 saturated heterocycles. The monoisotopic (exact) mass is 352 g/mol. The van der Waals surface area contributed by atoms with Gasteiger partial charge in [-0.3, -0.25) is 9.58 Å². The zero-order valence-corrected chi connectivity index (χ0v) is 15.3. The van der Waals surface area contributed by atoms with Gasteiger partial charge in [0.1, 0.15) is 0 Å². The van der Waals surface area contributed by atoms with Gasteiger partial charge in [-0.2, -0.15) is 5.10 Å². The molecule has 0 bridgehead atoms. The predicted octanol–water partition coefficient (Wildman–Crippen LogP) is 2.19. The van der Waals surface area contributed by atoms with Crippen LogP contribution in [0.25, 0.3) is 0 Å². The van der Waals surface area contributed by atoms with Gasteiger partial charge in [0.2, 0.25) is 0 Å². The highest BCUT2D eigenvalue weighted by molar-refractivity contribution is 5.85. The molecular formula is C15H30Cl2N4O. The summed E-state index contributed by atoms with van der Waals surface area (Å²) in [6.07, 6.45) is 3.09. The summed E-state index contributed by atoms with van der Waals surface area (Å²) in [5.41, 5.74) is 1.28. The molecule has 1 aromatic rings. The van der Waals surface area contributed by atoms with E-state index in [1.165, 1.54) is 18.7 Å². The molecule has 2 heterocycles. The Morgan fingerprint density at radius 2 is 2.00 bits per heavy atom. The molecular weight excluding hydrogens is 323 g/mol. The molecule has 1 aliphatic rings. The standard InChI is InChI=1S/C15H28N4O.2ClH/c1-14(2)13-19-15(4-6-17-19)12-16-5-3-7-18-8-10-20-11-9-18;;/h4,6,14,16H,3,5,7-13H2,1-2H3;2*1H. The number of hydrogen-bond donors (Lipinski definition) is 1. The molecule has 0 aromatic carbocycles. The van der Waals surface area contributed by atoms with Crippen molar-refractivity contribution in [3.63, 3.8) is 0 Å². The van der Waals surface area contributed by atoms with E-state index in [0.29, 0.717) is 5.92 Å². The molecule has 0 unspecified atom stereocenters. The van der Waals surface area contributed by atoms with Crippen LogP contribution < -0.4 is 5.32 Å². The van der Waals surface area contributed by atoms with Crippen molar-refractivity contribution in [3.05, 3.63) is 18.0 Å². The van der Waals surface area contributed by atoms with Crippen LogP contribution in [0.5, 0.6) is 0 Å². The maximum Gasteiger partial charge on any atom is 0.0594 e. The molecule has 0 atom stereocenters. The first kappa shape index (κ1) is 21.7.